The Bertz CT molecular complexity index is 489. The summed E-state index contributed by atoms with van der Waals surface area (Å²) in [6.07, 6.45) is 5.16. The number of aromatic carboxylic acids is 1. The van der Waals surface area contributed by atoms with Gasteiger partial charge < -0.3 is 5.11 Å². The molecule has 3 nitrogen and oxygen atoms in total. The first-order valence-corrected chi connectivity index (χ1v) is 7.59. The third-order valence-electron chi connectivity index (χ3n) is 4.35. The Labute approximate surface area is 125 Å². The summed E-state index contributed by atoms with van der Waals surface area (Å²) in [6.45, 7) is 3.09. The van der Waals surface area contributed by atoms with E-state index in [1.807, 2.05) is 6.07 Å². The van der Waals surface area contributed by atoms with Gasteiger partial charge in [-0.3, -0.25) is 4.90 Å². The number of hydrogen-bond donors (Lipinski definition) is 1. The summed E-state index contributed by atoms with van der Waals surface area (Å²) >= 11 is 6.20. The second-order valence-corrected chi connectivity index (χ2v) is 6.26. The zero-order chi connectivity index (χ0) is 14.7. The lowest BCUT2D eigenvalue weighted by Crippen LogP contribution is -2.38. The summed E-state index contributed by atoms with van der Waals surface area (Å²) in [7, 11) is 2.13. The molecule has 1 saturated carbocycles. The van der Waals surface area contributed by atoms with Crippen LogP contribution in [-0.4, -0.2) is 29.1 Å². The predicted molar refractivity (Wildman–Crippen MR) is 81.3 cm³/mol. The normalized spacial score (nSPS) is 23.0. The van der Waals surface area contributed by atoms with E-state index in [9.17, 15) is 4.79 Å². The molecule has 1 aromatic carbocycles. The summed E-state index contributed by atoms with van der Waals surface area (Å²) in [5.41, 5.74) is 1.24. The average Bonchev–Trinajstić information content (AvgIpc) is 2.41. The molecule has 0 saturated heterocycles. The summed E-state index contributed by atoms with van der Waals surface area (Å²) in [5, 5.41) is 9.49. The third-order valence-corrected chi connectivity index (χ3v) is 4.70. The minimum absolute atomic E-state index is 0.243. The van der Waals surface area contributed by atoms with E-state index in [1.54, 1.807) is 6.07 Å². The fraction of sp³-hybridized carbons (Fsp3) is 0.562. The van der Waals surface area contributed by atoms with Crippen LogP contribution in [0.4, 0.5) is 0 Å². The molecule has 1 N–H and O–H groups in total. The molecule has 1 aromatic rings. The first-order valence-electron chi connectivity index (χ1n) is 7.21. The smallest absolute Gasteiger partial charge is 0.335 e. The first kappa shape index (κ1) is 15.3. The van der Waals surface area contributed by atoms with Crippen molar-refractivity contribution in [3.63, 3.8) is 0 Å². The van der Waals surface area contributed by atoms with Gasteiger partial charge in [0.2, 0.25) is 0 Å². The molecule has 0 bridgehead atoms. The molecule has 1 aliphatic rings. The third kappa shape index (κ3) is 3.53. The van der Waals surface area contributed by atoms with Crippen molar-refractivity contribution in [2.75, 3.05) is 7.05 Å². The van der Waals surface area contributed by atoms with Crippen LogP contribution in [0.15, 0.2) is 18.2 Å². The van der Waals surface area contributed by atoms with E-state index < -0.39 is 5.97 Å². The SMILES string of the molecule is CC1CCCCC1N(C)Cc1ccc(C(=O)O)cc1Cl. The summed E-state index contributed by atoms with van der Waals surface area (Å²) in [6, 6.07) is 5.59. The molecule has 0 aromatic heterocycles. The van der Waals surface area contributed by atoms with E-state index in [4.69, 9.17) is 16.7 Å². The van der Waals surface area contributed by atoms with Crippen LogP contribution >= 0.6 is 11.6 Å². The highest BCUT2D eigenvalue weighted by Crippen LogP contribution is 2.29. The number of benzene rings is 1. The molecule has 0 heterocycles. The molecule has 4 heteroatoms. The minimum Gasteiger partial charge on any atom is -0.478 e. The molecular formula is C16H22ClNO2. The number of carboxylic acid groups (broad SMARTS) is 1. The van der Waals surface area contributed by atoms with Gasteiger partial charge in [-0.05, 0) is 43.5 Å². The molecule has 2 atom stereocenters. The maximum absolute atomic E-state index is 10.9. The Hall–Kier alpha value is -1.06. The molecule has 110 valence electrons. The number of nitrogens with zero attached hydrogens (tertiary/aromatic N) is 1. The van der Waals surface area contributed by atoms with Crippen LogP contribution < -0.4 is 0 Å². The van der Waals surface area contributed by atoms with Crippen molar-refractivity contribution >= 4 is 17.6 Å². The van der Waals surface area contributed by atoms with Crippen LogP contribution in [0.25, 0.3) is 0 Å². The Morgan fingerprint density at radius 2 is 2.10 bits per heavy atom. The predicted octanol–water partition coefficient (Wildman–Crippen LogP) is 4.05. The number of rotatable bonds is 4. The highest BCUT2D eigenvalue weighted by Gasteiger charge is 2.25. The largest absolute Gasteiger partial charge is 0.478 e. The lowest BCUT2D eigenvalue weighted by atomic mass is 9.85. The molecule has 0 radical (unpaired) electrons. The monoisotopic (exact) mass is 295 g/mol. The van der Waals surface area contributed by atoms with Crippen molar-refractivity contribution in [2.45, 2.75) is 45.2 Å². The van der Waals surface area contributed by atoms with E-state index >= 15 is 0 Å². The van der Waals surface area contributed by atoms with Crippen molar-refractivity contribution in [3.05, 3.63) is 34.3 Å². The Morgan fingerprint density at radius 1 is 1.40 bits per heavy atom. The molecule has 2 unspecified atom stereocenters. The van der Waals surface area contributed by atoms with Gasteiger partial charge in [0.15, 0.2) is 0 Å². The van der Waals surface area contributed by atoms with Crippen LogP contribution in [0.2, 0.25) is 5.02 Å². The van der Waals surface area contributed by atoms with Gasteiger partial charge >= 0.3 is 5.97 Å². The molecule has 20 heavy (non-hydrogen) atoms. The molecule has 0 spiro atoms. The Balaban J connectivity index is 2.07. The van der Waals surface area contributed by atoms with Gasteiger partial charge in [0, 0.05) is 17.6 Å². The second-order valence-electron chi connectivity index (χ2n) is 5.86. The maximum atomic E-state index is 10.9. The van der Waals surface area contributed by atoms with Gasteiger partial charge in [-0.25, -0.2) is 4.79 Å². The van der Waals surface area contributed by atoms with E-state index in [1.165, 1.54) is 31.7 Å². The van der Waals surface area contributed by atoms with Crippen LogP contribution in [0.5, 0.6) is 0 Å². The fourth-order valence-corrected chi connectivity index (χ4v) is 3.39. The Kier molecular flexibility index (Phi) is 5.06. The van der Waals surface area contributed by atoms with Crippen LogP contribution in [-0.2, 0) is 6.54 Å². The van der Waals surface area contributed by atoms with Crippen LogP contribution in [0.3, 0.4) is 0 Å². The number of hydrogen-bond acceptors (Lipinski definition) is 2. The molecule has 1 aliphatic carbocycles. The summed E-state index contributed by atoms with van der Waals surface area (Å²) in [5.74, 6) is -0.224. The molecular weight excluding hydrogens is 274 g/mol. The highest BCUT2D eigenvalue weighted by molar-refractivity contribution is 6.31. The maximum Gasteiger partial charge on any atom is 0.335 e. The van der Waals surface area contributed by atoms with Crippen molar-refractivity contribution in [1.82, 2.24) is 4.90 Å². The average molecular weight is 296 g/mol. The molecule has 2 rings (SSSR count). The fourth-order valence-electron chi connectivity index (χ4n) is 3.15. The first-order chi connectivity index (χ1) is 9.49. The van der Waals surface area contributed by atoms with Crippen molar-refractivity contribution < 1.29 is 9.90 Å². The molecule has 1 fully saturated rings. The second kappa shape index (κ2) is 6.59. The van der Waals surface area contributed by atoms with E-state index in [0.29, 0.717) is 17.0 Å². The Morgan fingerprint density at radius 3 is 2.70 bits per heavy atom. The van der Waals surface area contributed by atoms with E-state index in [-0.39, 0.29) is 5.56 Å². The lowest BCUT2D eigenvalue weighted by Gasteiger charge is -2.36. The van der Waals surface area contributed by atoms with Gasteiger partial charge in [0.25, 0.3) is 0 Å². The molecule has 0 aliphatic heterocycles. The summed E-state index contributed by atoms with van der Waals surface area (Å²) in [4.78, 5) is 13.3. The highest BCUT2D eigenvalue weighted by atomic mass is 35.5. The van der Waals surface area contributed by atoms with Crippen molar-refractivity contribution in [1.29, 1.82) is 0 Å². The topological polar surface area (TPSA) is 40.5 Å². The molecule has 0 amide bonds. The van der Waals surface area contributed by atoms with Gasteiger partial charge in [-0.2, -0.15) is 0 Å². The van der Waals surface area contributed by atoms with Crippen LogP contribution in [0.1, 0.15) is 48.5 Å². The zero-order valence-electron chi connectivity index (χ0n) is 12.1. The number of carbonyl (C=O) groups is 1. The number of halogens is 1. The number of carboxylic acids is 1. The summed E-state index contributed by atoms with van der Waals surface area (Å²) < 4.78 is 0. The van der Waals surface area contributed by atoms with Gasteiger partial charge in [-0.15, -0.1) is 0 Å². The minimum atomic E-state index is -0.937. The van der Waals surface area contributed by atoms with E-state index in [2.05, 4.69) is 18.9 Å². The van der Waals surface area contributed by atoms with Gasteiger partial charge in [0.1, 0.15) is 0 Å². The van der Waals surface area contributed by atoms with Gasteiger partial charge in [0.05, 0.1) is 5.56 Å². The van der Waals surface area contributed by atoms with Crippen molar-refractivity contribution in [2.24, 2.45) is 5.92 Å². The van der Waals surface area contributed by atoms with Crippen LogP contribution in [0, 0.1) is 5.92 Å². The van der Waals surface area contributed by atoms with Gasteiger partial charge in [-0.1, -0.05) is 37.4 Å². The lowest BCUT2D eigenvalue weighted by molar-refractivity contribution is 0.0697. The standard InChI is InChI=1S/C16H22ClNO2/c1-11-5-3-4-6-15(11)18(2)10-13-8-7-12(16(19)20)9-14(13)17/h7-9,11,15H,3-6,10H2,1-2H3,(H,19,20). The quantitative estimate of drug-likeness (QED) is 0.911. The van der Waals surface area contributed by atoms with Crippen molar-refractivity contribution in [3.8, 4) is 0 Å². The zero-order valence-corrected chi connectivity index (χ0v) is 12.9. The van der Waals surface area contributed by atoms with E-state index in [0.717, 1.165) is 12.1 Å².